The summed E-state index contributed by atoms with van der Waals surface area (Å²) in [7, 11) is 0. The molecule has 1 aliphatic heterocycles. The SMILES string of the molecule is O=C1[C@H]2CC[C@H]2C(=O)N1C(CO)CO. The van der Waals surface area contributed by atoms with Gasteiger partial charge in [-0.05, 0) is 12.8 Å². The molecular weight excluding hydrogens is 186 g/mol. The van der Waals surface area contributed by atoms with Crippen LogP contribution in [0.4, 0.5) is 0 Å². The number of aliphatic hydroxyl groups excluding tert-OH is 2. The van der Waals surface area contributed by atoms with Gasteiger partial charge in [-0.1, -0.05) is 0 Å². The largest absolute Gasteiger partial charge is 0.394 e. The lowest BCUT2D eigenvalue weighted by atomic mass is 9.76. The lowest BCUT2D eigenvalue weighted by molar-refractivity contribution is -0.144. The summed E-state index contributed by atoms with van der Waals surface area (Å²) in [6, 6.07) is -0.749. The average Bonchev–Trinajstić information content (AvgIpc) is 2.25. The van der Waals surface area contributed by atoms with Crippen LogP contribution < -0.4 is 0 Å². The van der Waals surface area contributed by atoms with Crippen molar-refractivity contribution in [2.75, 3.05) is 13.2 Å². The zero-order valence-electron chi connectivity index (χ0n) is 7.72. The highest BCUT2D eigenvalue weighted by Crippen LogP contribution is 2.42. The number of aliphatic hydroxyl groups is 2. The Bertz CT molecular complexity index is 252. The zero-order valence-corrected chi connectivity index (χ0v) is 7.72. The van der Waals surface area contributed by atoms with E-state index in [4.69, 9.17) is 10.2 Å². The van der Waals surface area contributed by atoms with E-state index in [0.717, 1.165) is 17.7 Å². The molecule has 0 aromatic carbocycles. The molecule has 2 aliphatic rings. The van der Waals surface area contributed by atoms with Crippen LogP contribution in [0.1, 0.15) is 12.8 Å². The second-order valence-corrected chi connectivity index (χ2v) is 3.86. The van der Waals surface area contributed by atoms with Gasteiger partial charge in [-0.2, -0.15) is 0 Å². The van der Waals surface area contributed by atoms with E-state index in [9.17, 15) is 9.59 Å². The Morgan fingerprint density at radius 1 is 1.14 bits per heavy atom. The molecule has 2 N–H and O–H groups in total. The maximum atomic E-state index is 11.6. The van der Waals surface area contributed by atoms with Crippen molar-refractivity contribution >= 4 is 11.8 Å². The number of carbonyl (C=O) groups is 2. The number of hydrogen-bond acceptors (Lipinski definition) is 4. The minimum atomic E-state index is -0.749. The first-order valence-electron chi connectivity index (χ1n) is 4.79. The standard InChI is InChI=1S/C9H13NO4/c11-3-5(4-12)10-8(13)6-1-2-7(6)9(10)14/h5-7,11-12H,1-4H2/t6-,7+. The number of carbonyl (C=O) groups excluding carboxylic acids is 2. The fourth-order valence-corrected chi connectivity index (χ4v) is 2.14. The van der Waals surface area contributed by atoms with E-state index < -0.39 is 6.04 Å². The van der Waals surface area contributed by atoms with Crippen LogP contribution in [0.5, 0.6) is 0 Å². The summed E-state index contributed by atoms with van der Waals surface area (Å²) in [5.41, 5.74) is 0. The van der Waals surface area contributed by atoms with Crippen molar-refractivity contribution in [2.45, 2.75) is 18.9 Å². The molecule has 2 fully saturated rings. The molecule has 1 saturated carbocycles. The first-order valence-corrected chi connectivity index (χ1v) is 4.79. The van der Waals surface area contributed by atoms with Crippen LogP contribution in [0.15, 0.2) is 0 Å². The van der Waals surface area contributed by atoms with Crippen LogP contribution in [0.3, 0.4) is 0 Å². The van der Waals surface area contributed by atoms with E-state index >= 15 is 0 Å². The molecule has 2 atom stereocenters. The number of hydrogen-bond donors (Lipinski definition) is 2. The highest BCUT2D eigenvalue weighted by atomic mass is 16.3. The van der Waals surface area contributed by atoms with Crippen molar-refractivity contribution < 1.29 is 19.8 Å². The van der Waals surface area contributed by atoms with E-state index in [0.29, 0.717) is 0 Å². The van der Waals surface area contributed by atoms with Gasteiger partial charge >= 0.3 is 0 Å². The molecular formula is C9H13NO4. The van der Waals surface area contributed by atoms with Crippen LogP contribution in [-0.4, -0.2) is 46.2 Å². The molecule has 5 nitrogen and oxygen atoms in total. The van der Waals surface area contributed by atoms with Gasteiger partial charge in [-0.15, -0.1) is 0 Å². The molecule has 0 radical (unpaired) electrons. The molecule has 0 spiro atoms. The molecule has 0 aromatic heterocycles. The minimum absolute atomic E-state index is 0.178. The van der Waals surface area contributed by atoms with Crippen LogP contribution in [-0.2, 0) is 9.59 Å². The number of nitrogens with zero attached hydrogens (tertiary/aromatic N) is 1. The van der Waals surface area contributed by atoms with E-state index in [1.807, 2.05) is 0 Å². The predicted molar refractivity (Wildman–Crippen MR) is 46.0 cm³/mol. The van der Waals surface area contributed by atoms with Crippen molar-refractivity contribution in [1.82, 2.24) is 4.90 Å². The van der Waals surface area contributed by atoms with Gasteiger partial charge in [0.05, 0.1) is 31.1 Å². The van der Waals surface area contributed by atoms with Gasteiger partial charge in [0.2, 0.25) is 11.8 Å². The molecule has 1 heterocycles. The van der Waals surface area contributed by atoms with Gasteiger partial charge in [-0.3, -0.25) is 14.5 Å². The van der Waals surface area contributed by atoms with Gasteiger partial charge in [0.1, 0.15) is 0 Å². The van der Waals surface area contributed by atoms with Crippen LogP contribution in [0.2, 0.25) is 0 Å². The fraction of sp³-hybridized carbons (Fsp3) is 0.778. The lowest BCUT2D eigenvalue weighted by Crippen LogP contribution is -2.44. The molecule has 14 heavy (non-hydrogen) atoms. The quantitative estimate of drug-likeness (QED) is 0.556. The van der Waals surface area contributed by atoms with Gasteiger partial charge in [0, 0.05) is 0 Å². The van der Waals surface area contributed by atoms with E-state index in [-0.39, 0.29) is 36.9 Å². The number of imide groups is 1. The zero-order chi connectivity index (χ0) is 10.3. The summed E-state index contributed by atoms with van der Waals surface area (Å²) in [5, 5.41) is 17.8. The molecule has 0 unspecified atom stereocenters. The first-order chi connectivity index (χ1) is 6.70. The van der Waals surface area contributed by atoms with Gasteiger partial charge in [0.25, 0.3) is 0 Å². The van der Waals surface area contributed by atoms with Crippen molar-refractivity contribution in [1.29, 1.82) is 0 Å². The Morgan fingerprint density at radius 3 is 1.86 bits per heavy atom. The Labute approximate surface area is 81.3 Å². The third-order valence-electron chi connectivity index (χ3n) is 3.17. The molecule has 78 valence electrons. The number of likely N-dealkylation sites (tertiary alicyclic amines) is 1. The van der Waals surface area contributed by atoms with E-state index in [2.05, 4.69) is 0 Å². The first kappa shape index (κ1) is 9.61. The number of amides is 2. The topological polar surface area (TPSA) is 77.8 Å². The van der Waals surface area contributed by atoms with Crippen molar-refractivity contribution in [2.24, 2.45) is 11.8 Å². The van der Waals surface area contributed by atoms with Gasteiger partial charge in [-0.25, -0.2) is 0 Å². The Morgan fingerprint density at radius 2 is 1.57 bits per heavy atom. The molecule has 5 heteroatoms. The summed E-state index contributed by atoms with van der Waals surface area (Å²) in [6.07, 6.45) is 1.52. The van der Waals surface area contributed by atoms with Crippen molar-refractivity contribution in [3.8, 4) is 0 Å². The summed E-state index contributed by atoms with van der Waals surface area (Å²) < 4.78 is 0. The highest BCUT2D eigenvalue weighted by molar-refractivity contribution is 6.06. The van der Waals surface area contributed by atoms with Crippen LogP contribution in [0.25, 0.3) is 0 Å². The van der Waals surface area contributed by atoms with E-state index in [1.54, 1.807) is 0 Å². The summed E-state index contributed by atoms with van der Waals surface area (Å²) in [4.78, 5) is 24.3. The number of fused-ring (bicyclic) bond motifs is 1. The average molecular weight is 199 g/mol. The van der Waals surface area contributed by atoms with Crippen LogP contribution in [0, 0.1) is 11.8 Å². The van der Waals surface area contributed by atoms with Gasteiger partial charge < -0.3 is 10.2 Å². The minimum Gasteiger partial charge on any atom is -0.394 e. The molecule has 2 amide bonds. The monoisotopic (exact) mass is 199 g/mol. The summed E-state index contributed by atoms with van der Waals surface area (Å²) in [6.45, 7) is -0.735. The second kappa shape index (κ2) is 3.33. The van der Waals surface area contributed by atoms with Gasteiger partial charge in [0.15, 0.2) is 0 Å². The third-order valence-corrected chi connectivity index (χ3v) is 3.17. The fourth-order valence-electron chi connectivity index (χ4n) is 2.14. The summed E-state index contributed by atoms with van der Waals surface area (Å²) >= 11 is 0. The summed E-state index contributed by atoms with van der Waals surface area (Å²) in [5.74, 6) is -0.801. The molecule has 2 rings (SSSR count). The Balaban J connectivity index is 2.18. The maximum absolute atomic E-state index is 11.6. The lowest BCUT2D eigenvalue weighted by Gasteiger charge is -2.24. The molecule has 1 aliphatic carbocycles. The van der Waals surface area contributed by atoms with Crippen LogP contribution >= 0.6 is 0 Å². The third kappa shape index (κ3) is 1.09. The Kier molecular flexibility index (Phi) is 2.28. The number of rotatable bonds is 3. The smallest absolute Gasteiger partial charge is 0.233 e. The maximum Gasteiger partial charge on any atom is 0.233 e. The van der Waals surface area contributed by atoms with E-state index in [1.165, 1.54) is 0 Å². The molecule has 0 aromatic rings. The highest BCUT2D eigenvalue weighted by Gasteiger charge is 2.54. The Hall–Kier alpha value is -0.940. The predicted octanol–water partition coefficient (Wildman–Crippen LogP) is -1.27. The normalized spacial score (nSPS) is 30.9. The second-order valence-electron chi connectivity index (χ2n) is 3.86. The molecule has 1 saturated heterocycles. The van der Waals surface area contributed by atoms with Crippen molar-refractivity contribution in [3.63, 3.8) is 0 Å². The molecule has 0 bridgehead atoms. The van der Waals surface area contributed by atoms with Crippen molar-refractivity contribution in [3.05, 3.63) is 0 Å².